The maximum absolute atomic E-state index is 11.7. The lowest BCUT2D eigenvalue weighted by molar-refractivity contribution is -0.148. The van der Waals surface area contributed by atoms with Gasteiger partial charge in [0, 0.05) is 18.9 Å². The Kier molecular flexibility index (Phi) is 3.07. The van der Waals surface area contributed by atoms with E-state index in [1.165, 1.54) is 18.9 Å². The zero-order valence-corrected chi connectivity index (χ0v) is 9.86. The van der Waals surface area contributed by atoms with Crippen LogP contribution >= 0.6 is 11.8 Å². The molecule has 1 aliphatic carbocycles. The number of rotatable bonds is 2. The second kappa shape index (κ2) is 3.66. The summed E-state index contributed by atoms with van der Waals surface area (Å²) in [6, 6.07) is 0. The SMILES string of the molecule is COC1(SC)CC(C)(C)C(=O)CC1=O. The molecule has 1 atom stereocenters. The maximum atomic E-state index is 11.7. The van der Waals surface area contributed by atoms with Crippen molar-refractivity contribution >= 4 is 23.3 Å². The predicted molar refractivity (Wildman–Crippen MR) is 56.3 cm³/mol. The first-order chi connectivity index (χ1) is 6.38. The standard InChI is InChI=1S/C10H16O3S/c1-9(2)6-10(13-3,14-4)8(12)5-7(9)11/h5-6H2,1-4H3. The van der Waals surface area contributed by atoms with Crippen molar-refractivity contribution in [1.29, 1.82) is 0 Å². The molecule has 4 heteroatoms. The van der Waals surface area contributed by atoms with Crippen LogP contribution in [0.2, 0.25) is 0 Å². The topological polar surface area (TPSA) is 43.4 Å². The number of Topliss-reactive ketones (excluding diaryl/α,β-unsaturated/α-hetero) is 2. The van der Waals surface area contributed by atoms with Crippen molar-refractivity contribution in [2.45, 2.75) is 31.6 Å². The molecule has 0 aromatic rings. The number of hydrogen-bond donors (Lipinski definition) is 0. The van der Waals surface area contributed by atoms with E-state index in [2.05, 4.69) is 0 Å². The molecule has 0 amide bonds. The molecule has 0 aliphatic heterocycles. The lowest BCUT2D eigenvalue weighted by Gasteiger charge is -2.40. The van der Waals surface area contributed by atoms with Crippen LogP contribution in [0.15, 0.2) is 0 Å². The molecule has 3 nitrogen and oxygen atoms in total. The van der Waals surface area contributed by atoms with Crippen LogP contribution < -0.4 is 0 Å². The first-order valence-electron chi connectivity index (χ1n) is 4.55. The van der Waals surface area contributed by atoms with Crippen molar-refractivity contribution in [2.24, 2.45) is 5.41 Å². The lowest BCUT2D eigenvalue weighted by Crippen LogP contribution is -2.50. The van der Waals surface area contributed by atoms with Crippen LogP contribution in [0.5, 0.6) is 0 Å². The molecule has 1 fully saturated rings. The van der Waals surface area contributed by atoms with E-state index in [-0.39, 0.29) is 18.0 Å². The number of hydrogen-bond acceptors (Lipinski definition) is 4. The Balaban J connectivity index is 3.00. The van der Waals surface area contributed by atoms with Gasteiger partial charge in [0.1, 0.15) is 5.78 Å². The summed E-state index contributed by atoms with van der Waals surface area (Å²) < 4.78 is 5.29. The third-order valence-corrected chi connectivity index (χ3v) is 4.03. The smallest absolute Gasteiger partial charge is 0.182 e. The number of ether oxygens (including phenoxy) is 1. The normalized spacial score (nSPS) is 32.0. The first kappa shape index (κ1) is 11.7. The van der Waals surface area contributed by atoms with Gasteiger partial charge in [-0.3, -0.25) is 9.59 Å². The molecule has 0 spiro atoms. The van der Waals surface area contributed by atoms with Crippen molar-refractivity contribution in [1.82, 2.24) is 0 Å². The highest BCUT2D eigenvalue weighted by Gasteiger charge is 2.50. The Morgan fingerprint density at radius 3 is 2.29 bits per heavy atom. The zero-order chi connectivity index (χ0) is 11.0. The minimum absolute atomic E-state index is 0.00167. The van der Waals surface area contributed by atoms with Gasteiger partial charge in [-0.05, 0) is 6.26 Å². The largest absolute Gasteiger partial charge is 0.360 e. The summed E-state index contributed by atoms with van der Waals surface area (Å²) in [4.78, 5) is 22.5. The highest BCUT2D eigenvalue weighted by molar-refractivity contribution is 8.00. The van der Waals surface area contributed by atoms with Gasteiger partial charge in [-0.25, -0.2) is 0 Å². The molecule has 0 bridgehead atoms. The quantitative estimate of drug-likeness (QED) is 0.520. The van der Waals surface area contributed by atoms with Crippen LogP contribution in [0.3, 0.4) is 0 Å². The van der Waals surface area contributed by atoms with Crippen LogP contribution in [0.4, 0.5) is 0 Å². The van der Waals surface area contributed by atoms with Crippen molar-refractivity contribution in [2.75, 3.05) is 13.4 Å². The summed E-state index contributed by atoms with van der Waals surface area (Å²) in [5, 5.41) is 0. The minimum Gasteiger partial charge on any atom is -0.360 e. The van der Waals surface area contributed by atoms with Crippen LogP contribution in [-0.4, -0.2) is 29.9 Å². The average molecular weight is 216 g/mol. The summed E-state index contributed by atoms with van der Waals surface area (Å²) >= 11 is 1.38. The minimum atomic E-state index is -0.808. The number of methoxy groups -OCH3 is 1. The number of ketones is 2. The average Bonchev–Trinajstić information content (AvgIpc) is 2.12. The van der Waals surface area contributed by atoms with Crippen LogP contribution in [0, 0.1) is 5.41 Å². The van der Waals surface area contributed by atoms with Crippen molar-refractivity contribution in [3.8, 4) is 0 Å². The van der Waals surface area contributed by atoms with Crippen molar-refractivity contribution in [3.05, 3.63) is 0 Å². The molecular formula is C10H16O3S. The van der Waals surface area contributed by atoms with Gasteiger partial charge >= 0.3 is 0 Å². The van der Waals surface area contributed by atoms with Gasteiger partial charge in [0.15, 0.2) is 10.7 Å². The lowest BCUT2D eigenvalue weighted by atomic mass is 9.74. The fraction of sp³-hybridized carbons (Fsp3) is 0.800. The van der Waals surface area contributed by atoms with Gasteiger partial charge < -0.3 is 4.74 Å². The Bertz CT molecular complexity index is 267. The predicted octanol–water partition coefficient (Wildman–Crippen LogP) is 1.65. The molecule has 1 unspecified atom stereocenters. The highest BCUT2D eigenvalue weighted by Crippen LogP contribution is 2.43. The van der Waals surface area contributed by atoms with Gasteiger partial charge in [0.25, 0.3) is 0 Å². The van der Waals surface area contributed by atoms with E-state index in [1.807, 2.05) is 20.1 Å². The van der Waals surface area contributed by atoms with Gasteiger partial charge in [-0.2, -0.15) is 0 Å². The Morgan fingerprint density at radius 2 is 1.86 bits per heavy atom. The molecule has 1 aliphatic rings. The second-order valence-corrected chi connectivity index (χ2v) is 5.31. The van der Waals surface area contributed by atoms with Gasteiger partial charge in [-0.1, -0.05) is 13.8 Å². The summed E-state index contributed by atoms with van der Waals surface area (Å²) in [6.07, 6.45) is 2.31. The van der Waals surface area contributed by atoms with Gasteiger partial charge in [0.05, 0.1) is 6.42 Å². The number of carbonyl (C=O) groups excluding carboxylic acids is 2. The Morgan fingerprint density at radius 1 is 1.29 bits per heavy atom. The molecule has 14 heavy (non-hydrogen) atoms. The second-order valence-electron chi connectivity index (χ2n) is 4.24. The maximum Gasteiger partial charge on any atom is 0.182 e. The van der Waals surface area contributed by atoms with Crippen molar-refractivity contribution in [3.63, 3.8) is 0 Å². The van der Waals surface area contributed by atoms with E-state index in [1.54, 1.807) is 0 Å². The zero-order valence-electron chi connectivity index (χ0n) is 9.05. The summed E-state index contributed by atoms with van der Waals surface area (Å²) in [7, 11) is 1.53. The molecule has 80 valence electrons. The monoisotopic (exact) mass is 216 g/mol. The first-order valence-corrected chi connectivity index (χ1v) is 5.77. The van der Waals surface area contributed by atoms with E-state index in [4.69, 9.17) is 4.74 Å². The van der Waals surface area contributed by atoms with E-state index in [0.717, 1.165) is 0 Å². The molecule has 0 saturated heterocycles. The molecule has 0 aromatic heterocycles. The molecule has 0 N–H and O–H groups in total. The fourth-order valence-electron chi connectivity index (χ4n) is 1.75. The summed E-state index contributed by atoms with van der Waals surface area (Å²) in [6.45, 7) is 3.73. The Hall–Kier alpha value is -0.350. The number of carbonyl (C=O) groups is 2. The van der Waals surface area contributed by atoms with Crippen molar-refractivity contribution < 1.29 is 14.3 Å². The molecule has 0 aromatic carbocycles. The Labute approximate surface area is 88.6 Å². The van der Waals surface area contributed by atoms with Crippen LogP contribution in [0.1, 0.15) is 26.7 Å². The number of thioether (sulfide) groups is 1. The van der Waals surface area contributed by atoms with E-state index < -0.39 is 10.3 Å². The van der Waals surface area contributed by atoms with Gasteiger partial charge in [-0.15, -0.1) is 11.8 Å². The summed E-state index contributed by atoms with van der Waals surface area (Å²) in [5.41, 5.74) is -0.451. The molecule has 0 heterocycles. The third kappa shape index (κ3) is 1.73. The summed E-state index contributed by atoms with van der Waals surface area (Å²) in [5.74, 6) is -0.0824. The molecule has 1 rings (SSSR count). The van der Waals surface area contributed by atoms with Gasteiger partial charge in [0.2, 0.25) is 0 Å². The fourth-order valence-corrected chi connectivity index (χ4v) is 2.73. The third-order valence-electron chi connectivity index (χ3n) is 2.83. The molecular weight excluding hydrogens is 200 g/mol. The van der Waals surface area contributed by atoms with E-state index >= 15 is 0 Å². The van der Waals surface area contributed by atoms with E-state index in [0.29, 0.717) is 6.42 Å². The van der Waals surface area contributed by atoms with Crippen LogP contribution in [0.25, 0.3) is 0 Å². The molecule has 1 saturated carbocycles. The highest BCUT2D eigenvalue weighted by atomic mass is 32.2. The van der Waals surface area contributed by atoms with Crippen LogP contribution in [-0.2, 0) is 14.3 Å². The molecule has 0 radical (unpaired) electrons. The van der Waals surface area contributed by atoms with E-state index in [9.17, 15) is 9.59 Å².